The van der Waals surface area contributed by atoms with E-state index in [4.69, 9.17) is 10.8 Å². The fraction of sp³-hybridized carbons (Fsp3) is 0.500. The van der Waals surface area contributed by atoms with Gasteiger partial charge < -0.3 is 16.2 Å². The number of anilines is 1. The number of aliphatic hydroxyl groups is 1. The summed E-state index contributed by atoms with van der Waals surface area (Å²) in [6, 6.07) is 7.81. The molecule has 1 aromatic carbocycles. The van der Waals surface area contributed by atoms with Gasteiger partial charge in [0.25, 0.3) is 0 Å². The molecule has 0 fully saturated rings. The lowest BCUT2D eigenvalue weighted by molar-refractivity contribution is 0.156. The van der Waals surface area contributed by atoms with Gasteiger partial charge in [-0.3, -0.25) is 0 Å². The van der Waals surface area contributed by atoms with Gasteiger partial charge in [-0.25, -0.2) is 0 Å². The average Bonchev–Trinajstić information content (AvgIpc) is 2.21. The summed E-state index contributed by atoms with van der Waals surface area (Å²) in [5, 5.41) is 12.4. The van der Waals surface area contributed by atoms with Crippen LogP contribution < -0.4 is 11.1 Å². The van der Waals surface area contributed by atoms with Crippen LogP contribution in [0.5, 0.6) is 0 Å². The number of aliphatic hydroxyl groups excluding tert-OH is 1. The monoisotopic (exact) mass is 208 g/mol. The maximum atomic E-state index is 9.08. The molecule has 84 valence electrons. The Hall–Kier alpha value is -1.06. The van der Waals surface area contributed by atoms with Crippen LogP contribution in [-0.2, 0) is 6.54 Å². The molecule has 4 N–H and O–H groups in total. The van der Waals surface area contributed by atoms with E-state index in [9.17, 15) is 0 Å². The highest BCUT2D eigenvalue weighted by atomic mass is 16.3. The zero-order valence-corrected chi connectivity index (χ0v) is 9.46. The number of benzene rings is 1. The molecule has 0 amide bonds. The van der Waals surface area contributed by atoms with Crippen LogP contribution in [-0.4, -0.2) is 18.3 Å². The first-order chi connectivity index (χ1) is 7.05. The van der Waals surface area contributed by atoms with Crippen molar-refractivity contribution < 1.29 is 5.11 Å². The Bertz CT molecular complexity index is 310. The number of nitrogens with two attached hydrogens (primary N) is 1. The summed E-state index contributed by atoms with van der Waals surface area (Å²) in [6.07, 6.45) is 0. The second-order valence-electron chi connectivity index (χ2n) is 4.62. The second kappa shape index (κ2) is 5.14. The molecule has 0 radical (unpaired) electrons. The van der Waals surface area contributed by atoms with E-state index in [1.54, 1.807) is 0 Å². The number of nitrogen functional groups attached to an aromatic ring is 1. The predicted molar refractivity (Wildman–Crippen MR) is 63.4 cm³/mol. The van der Waals surface area contributed by atoms with Gasteiger partial charge in [-0.15, -0.1) is 0 Å². The molecule has 0 atom stereocenters. The molecule has 0 aliphatic heterocycles. The lowest BCUT2D eigenvalue weighted by atomic mass is 9.95. The van der Waals surface area contributed by atoms with Crippen LogP contribution in [0.3, 0.4) is 0 Å². The quantitative estimate of drug-likeness (QED) is 0.641. The molecule has 0 bridgehead atoms. The largest absolute Gasteiger partial charge is 0.398 e. The van der Waals surface area contributed by atoms with Crippen LogP contribution in [0.1, 0.15) is 19.4 Å². The van der Waals surface area contributed by atoms with Crippen molar-refractivity contribution >= 4 is 5.69 Å². The highest BCUT2D eigenvalue weighted by Gasteiger charge is 2.15. The van der Waals surface area contributed by atoms with Crippen molar-refractivity contribution in [3.8, 4) is 0 Å². The summed E-state index contributed by atoms with van der Waals surface area (Å²) >= 11 is 0. The van der Waals surface area contributed by atoms with Crippen molar-refractivity contribution in [2.24, 2.45) is 5.41 Å². The van der Waals surface area contributed by atoms with Crippen LogP contribution in [0.2, 0.25) is 0 Å². The van der Waals surface area contributed by atoms with Gasteiger partial charge in [0.15, 0.2) is 0 Å². The zero-order chi connectivity index (χ0) is 11.3. The molecule has 15 heavy (non-hydrogen) atoms. The molecule has 3 nitrogen and oxygen atoms in total. The van der Waals surface area contributed by atoms with Crippen LogP contribution in [0.25, 0.3) is 0 Å². The van der Waals surface area contributed by atoms with Crippen molar-refractivity contribution in [2.75, 3.05) is 18.9 Å². The van der Waals surface area contributed by atoms with Gasteiger partial charge >= 0.3 is 0 Å². The first kappa shape index (κ1) is 12.0. The van der Waals surface area contributed by atoms with Crippen LogP contribution in [0, 0.1) is 5.41 Å². The van der Waals surface area contributed by atoms with Gasteiger partial charge in [-0.1, -0.05) is 32.0 Å². The molecule has 0 aliphatic rings. The minimum Gasteiger partial charge on any atom is -0.398 e. The summed E-state index contributed by atoms with van der Waals surface area (Å²) in [4.78, 5) is 0. The van der Waals surface area contributed by atoms with Crippen molar-refractivity contribution in [3.05, 3.63) is 29.8 Å². The Labute approximate surface area is 91.3 Å². The van der Waals surface area contributed by atoms with Crippen molar-refractivity contribution in [1.29, 1.82) is 0 Å². The van der Waals surface area contributed by atoms with E-state index in [0.717, 1.165) is 24.3 Å². The molecule has 3 heteroatoms. The van der Waals surface area contributed by atoms with Gasteiger partial charge in [0.2, 0.25) is 0 Å². The Morgan fingerprint density at radius 3 is 2.60 bits per heavy atom. The average molecular weight is 208 g/mol. The predicted octanol–water partition coefficient (Wildman–Crippen LogP) is 1.38. The van der Waals surface area contributed by atoms with Gasteiger partial charge in [-0.2, -0.15) is 0 Å². The van der Waals surface area contributed by atoms with E-state index < -0.39 is 0 Å². The molecule has 0 aromatic heterocycles. The van der Waals surface area contributed by atoms with E-state index >= 15 is 0 Å². The molecular weight excluding hydrogens is 188 g/mol. The van der Waals surface area contributed by atoms with Crippen LogP contribution >= 0.6 is 0 Å². The minimum atomic E-state index is -0.0798. The smallest absolute Gasteiger partial charge is 0.0494 e. The van der Waals surface area contributed by atoms with Crippen molar-refractivity contribution in [3.63, 3.8) is 0 Å². The first-order valence-corrected chi connectivity index (χ1v) is 5.20. The van der Waals surface area contributed by atoms with E-state index in [-0.39, 0.29) is 12.0 Å². The number of hydrogen-bond acceptors (Lipinski definition) is 3. The molecular formula is C12H20N2O. The summed E-state index contributed by atoms with van der Waals surface area (Å²) in [5.41, 5.74) is 7.65. The topological polar surface area (TPSA) is 58.3 Å². The summed E-state index contributed by atoms with van der Waals surface area (Å²) in [5.74, 6) is 0. The molecule has 0 saturated carbocycles. The molecule has 1 rings (SSSR count). The third-order valence-corrected chi connectivity index (χ3v) is 2.40. The van der Waals surface area contributed by atoms with E-state index in [0.29, 0.717) is 0 Å². The number of hydrogen-bond donors (Lipinski definition) is 3. The minimum absolute atomic E-state index is 0.0798. The molecule has 0 aliphatic carbocycles. The fourth-order valence-corrected chi connectivity index (χ4v) is 1.29. The van der Waals surface area contributed by atoms with E-state index in [1.165, 1.54) is 0 Å². The summed E-state index contributed by atoms with van der Waals surface area (Å²) in [6.45, 7) is 5.75. The zero-order valence-electron chi connectivity index (χ0n) is 9.46. The van der Waals surface area contributed by atoms with E-state index in [2.05, 4.69) is 5.32 Å². The summed E-state index contributed by atoms with van der Waals surface area (Å²) in [7, 11) is 0. The summed E-state index contributed by atoms with van der Waals surface area (Å²) < 4.78 is 0. The highest BCUT2D eigenvalue weighted by Crippen LogP contribution is 2.13. The van der Waals surface area contributed by atoms with Crippen LogP contribution in [0.15, 0.2) is 24.3 Å². The fourth-order valence-electron chi connectivity index (χ4n) is 1.29. The molecule has 0 spiro atoms. The van der Waals surface area contributed by atoms with Crippen molar-refractivity contribution in [2.45, 2.75) is 20.4 Å². The SMILES string of the molecule is CC(C)(CO)CNCc1ccccc1N. The Kier molecular flexibility index (Phi) is 4.12. The maximum Gasteiger partial charge on any atom is 0.0494 e. The molecule has 0 heterocycles. The van der Waals surface area contributed by atoms with Gasteiger partial charge in [-0.05, 0) is 11.6 Å². The highest BCUT2D eigenvalue weighted by molar-refractivity contribution is 5.46. The Morgan fingerprint density at radius 2 is 2.00 bits per heavy atom. The standard InChI is InChI=1S/C12H20N2O/c1-12(2,9-15)8-14-7-10-5-3-4-6-11(10)13/h3-6,14-15H,7-9,13H2,1-2H3. The number of rotatable bonds is 5. The van der Waals surface area contributed by atoms with Gasteiger partial charge in [0.05, 0.1) is 0 Å². The van der Waals surface area contributed by atoms with E-state index in [1.807, 2.05) is 38.1 Å². The third kappa shape index (κ3) is 3.90. The Balaban J connectivity index is 2.42. The van der Waals surface area contributed by atoms with Crippen molar-refractivity contribution in [1.82, 2.24) is 5.32 Å². The molecule has 0 unspecified atom stereocenters. The third-order valence-electron chi connectivity index (χ3n) is 2.40. The lowest BCUT2D eigenvalue weighted by Gasteiger charge is -2.22. The first-order valence-electron chi connectivity index (χ1n) is 5.20. The molecule has 1 aromatic rings. The normalized spacial score (nSPS) is 11.7. The second-order valence-corrected chi connectivity index (χ2v) is 4.62. The lowest BCUT2D eigenvalue weighted by Crippen LogP contribution is -2.32. The van der Waals surface area contributed by atoms with Gasteiger partial charge in [0, 0.05) is 30.8 Å². The van der Waals surface area contributed by atoms with Crippen LogP contribution in [0.4, 0.5) is 5.69 Å². The molecule has 0 saturated heterocycles. The van der Waals surface area contributed by atoms with Gasteiger partial charge in [0.1, 0.15) is 0 Å². The number of nitrogens with one attached hydrogen (secondary N) is 1. The Morgan fingerprint density at radius 1 is 1.33 bits per heavy atom. The number of para-hydroxylation sites is 1. The maximum absolute atomic E-state index is 9.08.